The number of aliphatic imine (C=N–C) groups is 2. The smallest absolute Gasteiger partial charge is 0.236 e. The van der Waals surface area contributed by atoms with Gasteiger partial charge in [-0.05, 0) is 84.0 Å². The molecular formula is C42H32N6. The third kappa shape index (κ3) is 4.12. The first kappa shape index (κ1) is 27.3. The molecule has 0 radical (unpaired) electrons. The van der Waals surface area contributed by atoms with E-state index in [2.05, 4.69) is 138 Å². The Morgan fingerprint density at radius 1 is 0.875 bits per heavy atom. The van der Waals surface area contributed by atoms with E-state index in [0.717, 1.165) is 64.5 Å². The lowest BCUT2D eigenvalue weighted by molar-refractivity contribution is 0.513. The highest BCUT2D eigenvalue weighted by Gasteiger charge is 2.39. The number of hydrogen-bond donors (Lipinski definition) is 0. The number of fused-ring (bicyclic) bond motifs is 7. The summed E-state index contributed by atoms with van der Waals surface area (Å²) in [5.41, 5.74) is 9.51. The highest BCUT2D eigenvalue weighted by Crippen LogP contribution is 2.39. The van der Waals surface area contributed by atoms with Gasteiger partial charge in [-0.2, -0.15) is 4.98 Å². The standard InChI is InChI=1S/C42H32N6/c1-42-22-10-9-17-37(42)44-40(38(46-42)33-21-18-27-23-30(33)24-27)48-36-16-8-7-15-34(36)35-26-43-41(45-39(35)48)47(31-13-3-2-4-14-31)32-20-19-28-11-5-6-12-29(28)25-32/h2-6,8-14,16-23,25-26,37H,7,15,24H2,1H3. The van der Waals surface area contributed by atoms with Crippen molar-refractivity contribution in [2.45, 2.75) is 37.8 Å². The number of allylic oxidation sites excluding steroid dienone is 3. The van der Waals surface area contributed by atoms with Gasteiger partial charge in [-0.25, -0.2) is 4.98 Å². The number of aryl methyl sites for hydroxylation is 1. The van der Waals surface area contributed by atoms with Crippen LogP contribution in [0.1, 0.15) is 41.3 Å². The third-order valence-electron chi connectivity index (χ3n) is 10.2. The molecule has 6 aromatic rings. The molecule has 2 unspecified atom stereocenters. The topological polar surface area (TPSA) is 58.7 Å². The van der Waals surface area contributed by atoms with E-state index >= 15 is 0 Å². The molecule has 0 saturated carbocycles. The van der Waals surface area contributed by atoms with Crippen LogP contribution in [0.3, 0.4) is 0 Å². The predicted octanol–water partition coefficient (Wildman–Crippen LogP) is 8.92. The number of para-hydroxylation sites is 1. The molecule has 1 aliphatic heterocycles. The van der Waals surface area contributed by atoms with Crippen molar-refractivity contribution in [2.24, 2.45) is 9.98 Å². The van der Waals surface area contributed by atoms with Crippen LogP contribution in [0.4, 0.5) is 17.3 Å². The van der Waals surface area contributed by atoms with Gasteiger partial charge in [0.1, 0.15) is 11.3 Å². The van der Waals surface area contributed by atoms with Gasteiger partial charge < -0.3 is 0 Å². The summed E-state index contributed by atoms with van der Waals surface area (Å²) >= 11 is 0. The lowest BCUT2D eigenvalue weighted by Gasteiger charge is -2.36. The zero-order chi connectivity index (χ0) is 31.8. The summed E-state index contributed by atoms with van der Waals surface area (Å²) in [6.07, 6.45) is 17.9. The summed E-state index contributed by atoms with van der Waals surface area (Å²) in [5, 5.41) is 3.42. The fraction of sp³-hybridized carbons (Fsp3) is 0.143. The van der Waals surface area contributed by atoms with E-state index in [9.17, 15) is 0 Å². The van der Waals surface area contributed by atoms with Crippen molar-refractivity contribution in [3.63, 3.8) is 0 Å². The Morgan fingerprint density at radius 3 is 2.58 bits per heavy atom. The van der Waals surface area contributed by atoms with Crippen molar-refractivity contribution in [3.05, 3.63) is 156 Å². The average Bonchev–Trinajstić information content (AvgIpc) is 3.44. The molecule has 11 rings (SSSR count). The summed E-state index contributed by atoms with van der Waals surface area (Å²) in [6.45, 7) is 2.18. The van der Waals surface area contributed by atoms with Gasteiger partial charge in [0.05, 0.1) is 11.7 Å². The monoisotopic (exact) mass is 620 g/mol. The van der Waals surface area contributed by atoms with E-state index in [0.29, 0.717) is 5.95 Å². The van der Waals surface area contributed by atoms with Crippen LogP contribution in [0.15, 0.2) is 138 Å². The van der Waals surface area contributed by atoms with Gasteiger partial charge in [0, 0.05) is 28.5 Å². The Morgan fingerprint density at radius 2 is 1.73 bits per heavy atom. The molecule has 2 bridgehead atoms. The maximum atomic E-state index is 5.52. The number of benzene rings is 4. The van der Waals surface area contributed by atoms with Gasteiger partial charge >= 0.3 is 0 Å². The van der Waals surface area contributed by atoms with Crippen LogP contribution in [0.2, 0.25) is 0 Å². The number of aromatic nitrogens is 3. The minimum Gasteiger partial charge on any atom is -0.279 e. The van der Waals surface area contributed by atoms with Crippen molar-refractivity contribution in [3.8, 4) is 0 Å². The molecule has 4 aromatic carbocycles. The number of hydrogen-bond acceptors (Lipinski definition) is 5. The quantitative estimate of drug-likeness (QED) is 0.197. The van der Waals surface area contributed by atoms with Gasteiger partial charge in [-0.3, -0.25) is 19.5 Å². The highest BCUT2D eigenvalue weighted by molar-refractivity contribution is 6.50. The van der Waals surface area contributed by atoms with Crippen molar-refractivity contribution < 1.29 is 0 Å². The largest absolute Gasteiger partial charge is 0.279 e. The predicted molar refractivity (Wildman–Crippen MR) is 196 cm³/mol. The highest BCUT2D eigenvalue weighted by atomic mass is 15.3. The summed E-state index contributed by atoms with van der Waals surface area (Å²) in [6, 6.07) is 32.0. The Hall–Kier alpha value is -5.88. The molecule has 48 heavy (non-hydrogen) atoms. The Bertz CT molecular complexity index is 2460. The molecule has 0 spiro atoms. The molecule has 0 fully saturated rings. The summed E-state index contributed by atoms with van der Waals surface area (Å²) in [4.78, 5) is 23.7. The van der Waals surface area contributed by atoms with Gasteiger partial charge in [-0.15, -0.1) is 0 Å². The van der Waals surface area contributed by atoms with Crippen LogP contribution in [0.25, 0.3) is 27.9 Å². The first-order valence-electron chi connectivity index (χ1n) is 16.7. The van der Waals surface area contributed by atoms with Gasteiger partial charge in [0.15, 0.2) is 11.5 Å². The van der Waals surface area contributed by atoms with Crippen LogP contribution in [-0.2, 0) is 12.8 Å². The first-order valence-corrected chi connectivity index (χ1v) is 16.7. The second-order valence-corrected chi connectivity index (χ2v) is 13.2. The van der Waals surface area contributed by atoms with E-state index < -0.39 is 5.54 Å². The SMILES string of the molecule is CC12C=CC=CC1N=C(n1c3c(c4cnc(N(c5ccccc5)c5ccc6ccccc6c5)nc41)CCC=C3)C(c1ccc3cc1C3)=N2. The molecule has 0 amide bonds. The molecule has 230 valence electrons. The first-order chi connectivity index (χ1) is 23.6. The van der Waals surface area contributed by atoms with Crippen LogP contribution in [0.5, 0.6) is 0 Å². The fourth-order valence-corrected chi connectivity index (χ4v) is 7.63. The number of nitrogens with zero attached hydrogens (tertiary/aromatic N) is 6. The minimum atomic E-state index is -0.456. The molecule has 2 aromatic heterocycles. The fourth-order valence-electron chi connectivity index (χ4n) is 7.63. The van der Waals surface area contributed by atoms with Crippen LogP contribution >= 0.6 is 0 Å². The molecule has 5 aliphatic rings. The maximum Gasteiger partial charge on any atom is 0.236 e. The molecule has 6 heteroatoms. The van der Waals surface area contributed by atoms with E-state index in [1.165, 1.54) is 27.5 Å². The molecule has 0 saturated heterocycles. The Kier molecular flexibility index (Phi) is 5.85. The molecular weight excluding hydrogens is 589 g/mol. The molecule has 0 N–H and O–H groups in total. The zero-order valence-corrected chi connectivity index (χ0v) is 26.6. The van der Waals surface area contributed by atoms with Crippen LogP contribution in [0, 0.1) is 0 Å². The Labute approximate surface area is 278 Å². The molecule has 3 heterocycles. The lowest BCUT2D eigenvalue weighted by atomic mass is 9.83. The van der Waals surface area contributed by atoms with Gasteiger partial charge in [0.25, 0.3) is 0 Å². The zero-order valence-electron chi connectivity index (χ0n) is 26.6. The van der Waals surface area contributed by atoms with Crippen molar-refractivity contribution in [1.82, 2.24) is 14.5 Å². The van der Waals surface area contributed by atoms with Crippen molar-refractivity contribution >= 4 is 56.8 Å². The third-order valence-corrected chi connectivity index (χ3v) is 10.2. The van der Waals surface area contributed by atoms with Crippen molar-refractivity contribution in [1.29, 1.82) is 0 Å². The van der Waals surface area contributed by atoms with Gasteiger partial charge in [-0.1, -0.05) is 97.1 Å². The van der Waals surface area contributed by atoms with E-state index in [-0.39, 0.29) is 6.04 Å². The average molecular weight is 621 g/mol. The molecule has 6 nitrogen and oxygen atoms in total. The number of rotatable bonds is 4. The molecule has 4 aliphatic carbocycles. The Balaban J connectivity index is 1.22. The van der Waals surface area contributed by atoms with Crippen LogP contribution < -0.4 is 4.90 Å². The summed E-state index contributed by atoms with van der Waals surface area (Å²) in [5.74, 6) is 1.45. The van der Waals surface area contributed by atoms with E-state index in [4.69, 9.17) is 20.0 Å². The normalized spacial score (nSPS) is 20.2. The van der Waals surface area contributed by atoms with Gasteiger partial charge in [0.2, 0.25) is 5.95 Å². The number of anilines is 3. The maximum absolute atomic E-state index is 5.52. The molecule has 2 atom stereocenters. The summed E-state index contributed by atoms with van der Waals surface area (Å²) < 4.78 is 2.26. The minimum absolute atomic E-state index is 0.118. The second-order valence-electron chi connectivity index (χ2n) is 13.2. The van der Waals surface area contributed by atoms with Crippen LogP contribution in [-0.4, -0.2) is 37.7 Å². The lowest BCUT2D eigenvalue weighted by Crippen LogP contribution is -2.44. The second kappa shape index (κ2) is 10.3. The van der Waals surface area contributed by atoms with E-state index in [1.807, 2.05) is 12.3 Å². The summed E-state index contributed by atoms with van der Waals surface area (Å²) in [7, 11) is 0. The van der Waals surface area contributed by atoms with Crippen molar-refractivity contribution in [2.75, 3.05) is 4.90 Å². The van der Waals surface area contributed by atoms with E-state index in [1.54, 1.807) is 0 Å².